The lowest BCUT2D eigenvalue weighted by molar-refractivity contribution is -0.125. The topological polar surface area (TPSA) is 55.1 Å². The second-order valence-electron chi connectivity index (χ2n) is 4.66. The SMILES string of the molecule is CC(C)NC(=O)C(CN)Cc1cc(F)c(F)cc1F. The number of hydrogen-bond donors (Lipinski definition) is 2. The minimum absolute atomic E-state index is 0.00299. The Balaban J connectivity index is 2.87. The van der Waals surface area contributed by atoms with E-state index in [1.165, 1.54) is 0 Å². The molecule has 19 heavy (non-hydrogen) atoms. The van der Waals surface area contributed by atoms with Crippen LogP contribution in [-0.4, -0.2) is 18.5 Å². The number of nitrogens with two attached hydrogens (primary N) is 1. The number of hydrogen-bond acceptors (Lipinski definition) is 2. The maximum Gasteiger partial charge on any atom is 0.224 e. The van der Waals surface area contributed by atoms with Crippen molar-refractivity contribution in [1.82, 2.24) is 5.32 Å². The van der Waals surface area contributed by atoms with E-state index < -0.39 is 23.4 Å². The Kier molecular flexibility index (Phi) is 5.35. The number of rotatable bonds is 5. The van der Waals surface area contributed by atoms with E-state index >= 15 is 0 Å². The van der Waals surface area contributed by atoms with Crippen LogP contribution in [0.3, 0.4) is 0 Å². The van der Waals surface area contributed by atoms with Gasteiger partial charge in [-0.1, -0.05) is 0 Å². The molecule has 0 radical (unpaired) electrons. The zero-order valence-electron chi connectivity index (χ0n) is 10.8. The Hall–Kier alpha value is -1.56. The first-order valence-corrected chi connectivity index (χ1v) is 5.99. The van der Waals surface area contributed by atoms with Crippen molar-refractivity contribution in [3.8, 4) is 0 Å². The van der Waals surface area contributed by atoms with Crippen molar-refractivity contribution in [2.45, 2.75) is 26.3 Å². The van der Waals surface area contributed by atoms with Crippen molar-refractivity contribution in [3.63, 3.8) is 0 Å². The Labute approximate surface area is 110 Å². The van der Waals surface area contributed by atoms with Gasteiger partial charge in [0.15, 0.2) is 11.6 Å². The normalized spacial score (nSPS) is 12.6. The summed E-state index contributed by atoms with van der Waals surface area (Å²) in [5.74, 6) is -4.29. The van der Waals surface area contributed by atoms with Crippen molar-refractivity contribution in [1.29, 1.82) is 0 Å². The van der Waals surface area contributed by atoms with E-state index in [2.05, 4.69) is 5.32 Å². The lowest BCUT2D eigenvalue weighted by Crippen LogP contribution is -2.39. The molecule has 0 saturated carbocycles. The lowest BCUT2D eigenvalue weighted by Gasteiger charge is -2.17. The minimum atomic E-state index is -1.25. The van der Waals surface area contributed by atoms with Crippen LogP contribution in [0.15, 0.2) is 12.1 Å². The standard InChI is InChI=1S/C13H17F3N2O/c1-7(2)18-13(19)9(6-17)3-8-4-11(15)12(16)5-10(8)14/h4-5,7,9H,3,6,17H2,1-2H3,(H,18,19). The van der Waals surface area contributed by atoms with Crippen LogP contribution in [0.4, 0.5) is 13.2 Å². The molecule has 0 aliphatic heterocycles. The van der Waals surface area contributed by atoms with E-state index in [1.54, 1.807) is 13.8 Å². The molecule has 0 aliphatic rings. The van der Waals surface area contributed by atoms with E-state index in [4.69, 9.17) is 5.73 Å². The molecule has 1 aromatic rings. The highest BCUT2D eigenvalue weighted by Crippen LogP contribution is 2.17. The second-order valence-corrected chi connectivity index (χ2v) is 4.66. The molecule has 0 fully saturated rings. The molecule has 3 nitrogen and oxygen atoms in total. The summed E-state index contributed by atoms with van der Waals surface area (Å²) in [5, 5.41) is 2.65. The van der Waals surface area contributed by atoms with Gasteiger partial charge in [-0.05, 0) is 31.9 Å². The van der Waals surface area contributed by atoms with Crippen LogP contribution in [-0.2, 0) is 11.2 Å². The molecule has 1 unspecified atom stereocenters. The molecule has 0 bridgehead atoms. The molecule has 3 N–H and O–H groups in total. The van der Waals surface area contributed by atoms with E-state index in [0.29, 0.717) is 6.07 Å². The van der Waals surface area contributed by atoms with Gasteiger partial charge in [0.25, 0.3) is 0 Å². The minimum Gasteiger partial charge on any atom is -0.354 e. The van der Waals surface area contributed by atoms with E-state index in [1.807, 2.05) is 0 Å². The second kappa shape index (κ2) is 6.56. The molecule has 1 amide bonds. The van der Waals surface area contributed by atoms with Crippen LogP contribution < -0.4 is 11.1 Å². The zero-order chi connectivity index (χ0) is 14.6. The number of nitrogens with one attached hydrogen (secondary N) is 1. The molecule has 1 rings (SSSR count). The lowest BCUT2D eigenvalue weighted by atomic mass is 9.97. The molecule has 1 aromatic carbocycles. The molecule has 6 heteroatoms. The molecular weight excluding hydrogens is 257 g/mol. The summed E-state index contributed by atoms with van der Waals surface area (Å²) in [6, 6.07) is 1.16. The van der Waals surface area contributed by atoms with Crippen LogP contribution in [0.1, 0.15) is 19.4 Å². The first-order valence-electron chi connectivity index (χ1n) is 5.99. The van der Waals surface area contributed by atoms with Gasteiger partial charge in [0.05, 0.1) is 5.92 Å². The number of halogens is 3. The van der Waals surface area contributed by atoms with Gasteiger partial charge in [0.2, 0.25) is 5.91 Å². The molecule has 106 valence electrons. The smallest absolute Gasteiger partial charge is 0.224 e. The Morgan fingerprint density at radius 2 is 1.79 bits per heavy atom. The summed E-state index contributed by atoms with van der Waals surface area (Å²) < 4.78 is 39.3. The van der Waals surface area contributed by atoms with Gasteiger partial charge < -0.3 is 11.1 Å². The van der Waals surface area contributed by atoms with Crippen molar-refractivity contribution < 1.29 is 18.0 Å². The van der Waals surface area contributed by atoms with Gasteiger partial charge in [0.1, 0.15) is 5.82 Å². The summed E-state index contributed by atoms with van der Waals surface area (Å²) in [7, 11) is 0. The summed E-state index contributed by atoms with van der Waals surface area (Å²) in [6.07, 6.45) is -0.0713. The monoisotopic (exact) mass is 274 g/mol. The quantitative estimate of drug-likeness (QED) is 0.804. The largest absolute Gasteiger partial charge is 0.354 e. The first-order chi connectivity index (χ1) is 8.85. The van der Waals surface area contributed by atoms with Crippen LogP contribution >= 0.6 is 0 Å². The number of benzene rings is 1. The third-order valence-corrected chi connectivity index (χ3v) is 2.64. The Bertz CT molecular complexity index is 463. The molecule has 0 spiro atoms. The molecule has 0 heterocycles. The first kappa shape index (κ1) is 15.5. The molecule has 0 saturated heterocycles. The van der Waals surface area contributed by atoms with Gasteiger partial charge in [-0.25, -0.2) is 13.2 Å². The molecule has 1 atom stereocenters. The fourth-order valence-corrected chi connectivity index (χ4v) is 1.67. The van der Waals surface area contributed by atoms with Gasteiger partial charge in [-0.3, -0.25) is 4.79 Å². The summed E-state index contributed by atoms with van der Waals surface area (Å²) >= 11 is 0. The van der Waals surface area contributed by atoms with E-state index in [-0.39, 0.29) is 30.5 Å². The van der Waals surface area contributed by atoms with Gasteiger partial charge in [-0.2, -0.15) is 0 Å². The Morgan fingerprint density at radius 1 is 1.21 bits per heavy atom. The molecular formula is C13H17F3N2O. The van der Waals surface area contributed by atoms with Gasteiger partial charge in [-0.15, -0.1) is 0 Å². The predicted octanol–water partition coefficient (Wildman–Crippen LogP) is 1.75. The fraction of sp³-hybridized carbons (Fsp3) is 0.462. The predicted molar refractivity (Wildman–Crippen MR) is 65.8 cm³/mol. The van der Waals surface area contributed by atoms with Crippen LogP contribution in [0.5, 0.6) is 0 Å². The van der Waals surface area contributed by atoms with Gasteiger partial charge >= 0.3 is 0 Å². The van der Waals surface area contributed by atoms with Crippen LogP contribution in [0.25, 0.3) is 0 Å². The van der Waals surface area contributed by atoms with Crippen molar-refractivity contribution in [2.24, 2.45) is 11.7 Å². The van der Waals surface area contributed by atoms with E-state index in [0.717, 1.165) is 6.07 Å². The van der Waals surface area contributed by atoms with E-state index in [9.17, 15) is 18.0 Å². The summed E-state index contributed by atoms with van der Waals surface area (Å²) in [6.45, 7) is 3.56. The Morgan fingerprint density at radius 3 is 2.32 bits per heavy atom. The number of carbonyl (C=O) groups excluding carboxylic acids is 1. The highest BCUT2D eigenvalue weighted by Gasteiger charge is 2.21. The maximum atomic E-state index is 13.5. The highest BCUT2D eigenvalue weighted by molar-refractivity contribution is 5.79. The fourth-order valence-electron chi connectivity index (χ4n) is 1.67. The molecule has 0 aliphatic carbocycles. The van der Waals surface area contributed by atoms with Gasteiger partial charge in [0, 0.05) is 18.7 Å². The molecule has 0 aromatic heterocycles. The number of carbonyl (C=O) groups is 1. The van der Waals surface area contributed by atoms with Crippen molar-refractivity contribution >= 4 is 5.91 Å². The van der Waals surface area contributed by atoms with Crippen molar-refractivity contribution in [2.75, 3.05) is 6.54 Å². The average molecular weight is 274 g/mol. The summed E-state index contributed by atoms with van der Waals surface area (Å²) in [4.78, 5) is 11.8. The third-order valence-electron chi connectivity index (χ3n) is 2.64. The number of amides is 1. The zero-order valence-corrected chi connectivity index (χ0v) is 10.8. The van der Waals surface area contributed by atoms with Crippen LogP contribution in [0.2, 0.25) is 0 Å². The van der Waals surface area contributed by atoms with Crippen LogP contribution in [0, 0.1) is 23.4 Å². The summed E-state index contributed by atoms with van der Waals surface area (Å²) in [5.41, 5.74) is 5.40. The van der Waals surface area contributed by atoms with Crippen molar-refractivity contribution in [3.05, 3.63) is 35.1 Å². The third kappa shape index (κ3) is 4.24. The average Bonchev–Trinajstić information content (AvgIpc) is 2.31. The maximum absolute atomic E-state index is 13.5. The highest BCUT2D eigenvalue weighted by atomic mass is 19.2.